The number of quaternary nitrogens is 1. The molecule has 0 spiro atoms. The molecule has 3 rings (SSSR count). The van der Waals surface area contributed by atoms with Crippen LogP contribution in [0.15, 0.2) is 24.3 Å². The molecule has 1 aliphatic carbocycles. The lowest BCUT2D eigenvalue weighted by Crippen LogP contribution is -3.14. The van der Waals surface area contributed by atoms with Crippen molar-refractivity contribution in [2.45, 2.75) is 75.4 Å². The van der Waals surface area contributed by atoms with Gasteiger partial charge in [-0.1, -0.05) is 51.5 Å². The molecule has 1 aromatic rings. The van der Waals surface area contributed by atoms with Crippen LogP contribution in [0, 0.1) is 0 Å². The molecule has 1 aromatic carbocycles. The second-order valence-corrected chi connectivity index (χ2v) is 10.7. The van der Waals surface area contributed by atoms with Gasteiger partial charge in [-0.3, -0.25) is 4.79 Å². The lowest BCUT2D eigenvalue weighted by atomic mass is 9.87. The van der Waals surface area contributed by atoms with Crippen LogP contribution in [0.2, 0.25) is 0 Å². The second kappa shape index (κ2) is 10.8. The van der Waals surface area contributed by atoms with E-state index in [4.69, 9.17) is 9.47 Å². The normalized spacial score (nSPS) is 23.7. The molecule has 1 N–H and O–H groups in total. The molecule has 1 heterocycles. The van der Waals surface area contributed by atoms with Gasteiger partial charge in [0, 0.05) is 11.0 Å². The third-order valence-corrected chi connectivity index (χ3v) is 7.56. The zero-order chi connectivity index (χ0) is 20.7. The molecule has 0 aromatic heterocycles. The average Bonchev–Trinajstić information content (AvgIpc) is 2.72. The SMILES string of the molecule is CC(C)(C)c1ccc(CS[C@H]2CCCC[C@@H]2OC(=O)CC[NH+]2CCOCC2)cc1. The molecule has 5 heteroatoms. The van der Waals surface area contributed by atoms with Gasteiger partial charge in [0.1, 0.15) is 19.2 Å². The van der Waals surface area contributed by atoms with Crippen LogP contribution in [0.1, 0.15) is 64.0 Å². The summed E-state index contributed by atoms with van der Waals surface area (Å²) in [7, 11) is 0. The maximum Gasteiger partial charge on any atom is 0.311 e. The first kappa shape index (κ1) is 22.6. The number of hydrogen-bond donors (Lipinski definition) is 1. The van der Waals surface area contributed by atoms with Gasteiger partial charge >= 0.3 is 5.97 Å². The minimum absolute atomic E-state index is 0.0176. The topological polar surface area (TPSA) is 40.0 Å². The van der Waals surface area contributed by atoms with E-state index in [1.807, 2.05) is 11.8 Å². The highest BCUT2D eigenvalue weighted by Gasteiger charge is 2.29. The highest BCUT2D eigenvalue weighted by molar-refractivity contribution is 7.99. The zero-order valence-electron chi connectivity index (χ0n) is 18.4. The second-order valence-electron chi connectivity index (χ2n) is 9.47. The number of esters is 1. The minimum Gasteiger partial charge on any atom is -0.461 e. The lowest BCUT2D eigenvalue weighted by molar-refractivity contribution is -0.907. The first-order valence-electron chi connectivity index (χ1n) is 11.2. The van der Waals surface area contributed by atoms with E-state index in [0.29, 0.717) is 11.7 Å². The Labute approximate surface area is 180 Å². The van der Waals surface area contributed by atoms with E-state index in [-0.39, 0.29) is 17.5 Å². The Morgan fingerprint density at radius 2 is 1.83 bits per heavy atom. The Morgan fingerprint density at radius 1 is 1.14 bits per heavy atom. The number of rotatable bonds is 7. The Morgan fingerprint density at radius 3 is 2.52 bits per heavy atom. The fourth-order valence-corrected chi connectivity index (χ4v) is 5.45. The number of nitrogens with one attached hydrogen (secondary N) is 1. The van der Waals surface area contributed by atoms with Crippen molar-refractivity contribution in [3.63, 3.8) is 0 Å². The van der Waals surface area contributed by atoms with Crippen molar-refractivity contribution in [2.24, 2.45) is 0 Å². The summed E-state index contributed by atoms with van der Waals surface area (Å²) >= 11 is 1.96. The standard InChI is InChI=1S/C24H37NO3S/c1-24(2,3)20-10-8-19(9-11-20)18-29-22-7-5-4-6-21(22)28-23(26)12-13-25-14-16-27-17-15-25/h8-11,21-22H,4-7,12-18H2,1-3H3/p+1/t21-,22-/m0/s1. The first-order chi connectivity index (χ1) is 13.9. The molecule has 2 aliphatic rings. The highest BCUT2D eigenvalue weighted by Crippen LogP contribution is 2.33. The molecule has 0 radical (unpaired) electrons. The maximum atomic E-state index is 12.4. The largest absolute Gasteiger partial charge is 0.461 e. The average molecular weight is 421 g/mol. The van der Waals surface area contributed by atoms with Gasteiger partial charge < -0.3 is 14.4 Å². The molecule has 1 aliphatic heterocycles. The van der Waals surface area contributed by atoms with E-state index in [1.54, 1.807) is 0 Å². The monoisotopic (exact) mass is 420 g/mol. The maximum absolute atomic E-state index is 12.4. The molecular formula is C24H38NO3S+. The predicted octanol–water partition coefficient (Wildman–Crippen LogP) is 3.38. The van der Waals surface area contributed by atoms with E-state index >= 15 is 0 Å². The lowest BCUT2D eigenvalue weighted by Gasteiger charge is -2.31. The van der Waals surface area contributed by atoms with Crippen LogP contribution in [0.5, 0.6) is 0 Å². The predicted molar refractivity (Wildman–Crippen MR) is 120 cm³/mol. The summed E-state index contributed by atoms with van der Waals surface area (Å²) < 4.78 is 11.3. The van der Waals surface area contributed by atoms with Crippen molar-refractivity contribution in [1.29, 1.82) is 0 Å². The molecule has 2 atom stereocenters. The summed E-state index contributed by atoms with van der Waals surface area (Å²) in [5.41, 5.74) is 2.92. The molecular weight excluding hydrogens is 382 g/mol. The van der Waals surface area contributed by atoms with Crippen molar-refractivity contribution in [1.82, 2.24) is 0 Å². The van der Waals surface area contributed by atoms with Crippen LogP contribution in [0.25, 0.3) is 0 Å². The van der Waals surface area contributed by atoms with Crippen molar-refractivity contribution < 1.29 is 19.2 Å². The van der Waals surface area contributed by atoms with E-state index in [1.165, 1.54) is 28.9 Å². The minimum atomic E-state index is -0.0176. The summed E-state index contributed by atoms with van der Waals surface area (Å²) in [4.78, 5) is 13.9. The molecule has 29 heavy (non-hydrogen) atoms. The van der Waals surface area contributed by atoms with Crippen molar-refractivity contribution in [3.8, 4) is 0 Å². The molecule has 0 bridgehead atoms. The number of carbonyl (C=O) groups excluding carboxylic acids is 1. The molecule has 1 saturated carbocycles. The van der Waals surface area contributed by atoms with Crippen molar-refractivity contribution >= 4 is 17.7 Å². The van der Waals surface area contributed by atoms with Crippen LogP contribution in [0.4, 0.5) is 0 Å². The van der Waals surface area contributed by atoms with Gasteiger partial charge in [-0.05, 0) is 35.8 Å². The summed E-state index contributed by atoms with van der Waals surface area (Å²) in [6.07, 6.45) is 5.18. The van der Waals surface area contributed by atoms with Crippen LogP contribution in [-0.4, -0.2) is 50.2 Å². The Balaban J connectivity index is 1.45. The van der Waals surface area contributed by atoms with E-state index in [0.717, 1.165) is 51.4 Å². The fourth-order valence-electron chi connectivity index (χ4n) is 4.11. The van der Waals surface area contributed by atoms with E-state index in [2.05, 4.69) is 45.0 Å². The van der Waals surface area contributed by atoms with Gasteiger partial charge in [0.25, 0.3) is 0 Å². The van der Waals surface area contributed by atoms with Crippen LogP contribution < -0.4 is 4.90 Å². The van der Waals surface area contributed by atoms with Crippen molar-refractivity contribution in [2.75, 3.05) is 32.8 Å². The van der Waals surface area contributed by atoms with E-state index < -0.39 is 0 Å². The molecule has 2 fully saturated rings. The number of benzene rings is 1. The first-order valence-corrected chi connectivity index (χ1v) is 12.3. The number of ether oxygens (including phenoxy) is 2. The van der Waals surface area contributed by atoms with Crippen LogP contribution in [-0.2, 0) is 25.4 Å². The molecule has 162 valence electrons. The zero-order valence-corrected chi connectivity index (χ0v) is 19.2. The third-order valence-electron chi connectivity index (χ3n) is 6.09. The summed E-state index contributed by atoms with van der Waals surface area (Å²) in [6, 6.07) is 9.01. The Kier molecular flexibility index (Phi) is 8.45. The molecule has 1 saturated heterocycles. The van der Waals surface area contributed by atoms with Gasteiger partial charge in [0.05, 0.1) is 26.2 Å². The van der Waals surface area contributed by atoms with Gasteiger partial charge in [-0.25, -0.2) is 0 Å². The van der Waals surface area contributed by atoms with Gasteiger partial charge in [0.2, 0.25) is 0 Å². The van der Waals surface area contributed by atoms with Gasteiger partial charge in [-0.2, -0.15) is 0 Å². The molecule has 0 unspecified atom stereocenters. The Bertz CT molecular complexity index is 635. The highest BCUT2D eigenvalue weighted by atomic mass is 32.2. The molecule has 4 nitrogen and oxygen atoms in total. The van der Waals surface area contributed by atoms with Crippen LogP contribution >= 0.6 is 11.8 Å². The smallest absolute Gasteiger partial charge is 0.311 e. The summed E-state index contributed by atoms with van der Waals surface area (Å²) in [5, 5.41) is 0.422. The Hall–Kier alpha value is -1.04. The number of hydrogen-bond acceptors (Lipinski definition) is 4. The number of morpholine rings is 1. The van der Waals surface area contributed by atoms with Gasteiger partial charge in [-0.15, -0.1) is 11.8 Å². The number of thioether (sulfide) groups is 1. The molecule has 0 amide bonds. The summed E-state index contributed by atoms with van der Waals surface area (Å²) in [6.45, 7) is 11.2. The quantitative estimate of drug-likeness (QED) is 0.687. The summed E-state index contributed by atoms with van der Waals surface area (Å²) in [5.74, 6) is 0.970. The van der Waals surface area contributed by atoms with Gasteiger partial charge in [0.15, 0.2) is 0 Å². The fraction of sp³-hybridized carbons (Fsp3) is 0.708. The number of carbonyl (C=O) groups is 1. The third kappa shape index (κ3) is 7.30. The van der Waals surface area contributed by atoms with Crippen molar-refractivity contribution in [3.05, 3.63) is 35.4 Å². The van der Waals surface area contributed by atoms with E-state index in [9.17, 15) is 4.79 Å². The van der Waals surface area contributed by atoms with Crippen LogP contribution in [0.3, 0.4) is 0 Å².